The second-order valence-corrected chi connectivity index (χ2v) is 9.49. The van der Waals surface area contributed by atoms with Crippen LogP contribution in [-0.2, 0) is 10.2 Å². The van der Waals surface area contributed by atoms with Crippen LogP contribution in [0.3, 0.4) is 0 Å². The summed E-state index contributed by atoms with van der Waals surface area (Å²) in [5.74, 6) is 0.487. The normalized spacial score (nSPS) is 28.2. The summed E-state index contributed by atoms with van der Waals surface area (Å²) in [7, 11) is 2.01. The summed E-state index contributed by atoms with van der Waals surface area (Å²) in [6.45, 7) is 7.76. The number of hydrogen-bond acceptors (Lipinski definition) is 4. The summed E-state index contributed by atoms with van der Waals surface area (Å²) >= 11 is 1.78. The molecule has 0 aliphatic carbocycles. The molecule has 1 saturated heterocycles. The molecule has 26 heavy (non-hydrogen) atoms. The molecule has 3 nitrogen and oxygen atoms in total. The molecule has 140 valence electrons. The van der Waals surface area contributed by atoms with E-state index in [-0.39, 0.29) is 11.5 Å². The highest BCUT2D eigenvalue weighted by molar-refractivity contribution is 7.08. The fourth-order valence-electron chi connectivity index (χ4n) is 4.38. The lowest BCUT2D eigenvalue weighted by Gasteiger charge is -2.46. The number of ether oxygens (including phenoxy) is 1. The van der Waals surface area contributed by atoms with Crippen molar-refractivity contribution in [1.82, 2.24) is 5.32 Å². The fraction of sp³-hybridized carbons (Fsp3) is 0.545. The number of hydrogen-bond donors (Lipinski definition) is 2. The molecule has 2 aliphatic rings. The SMILES string of the molecule is CNC[C@H]1CC[C@@H]2[C@H](O1)c1cc(C(C)(C)C)ccc1N[C@H]2c1ccsc1. The van der Waals surface area contributed by atoms with Gasteiger partial charge in [-0.3, -0.25) is 0 Å². The zero-order valence-corrected chi connectivity index (χ0v) is 17.0. The summed E-state index contributed by atoms with van der Waals surface area (Å²) < 4.78 is 6.65. The predicted molar refractivity (Wildman–Crippen MR) is 110 cm³/mol. The van der Waals surface area contributed by atoms with Crippen LogP contribution >= 0.6 is 11.3 Å². The van der Waals surface area contributed by atoms with E-state index >= 15 is 0 Å². The number of benzene rings is 1. The maximum Gasteiger partial charge on any atom is 0.0900 e. The van der Waals surface area contributed by atoms with Crippen LogP contribution in [0, 0.1) is 5.92 Å². The molecule has 1 fully saturated rings. The lowest BCUT2D eigenvalue weighted by Crippen LogP contribution is -2.41. The number of rotatable bonds is 3. The highest BCUT2D eigenvalue weighted by atomic mass is 32.1. The van der Waals surface area contributed by atoms with E-state index in [4.69, 9.17) is 4.74 Å². The molecule has 0 unspecified atom stereocenters. The van der Waals surface area contributed by atoms with Gasteiger partial charge in [-0.1, -0.05) is 32.9 Å². The van der Waals surface area contributed by atoms with Crippen molar-refractivity contribution >= 4 is 17.0 Å². The standard InChI is InChI=1S/C22H30N2OS/c1-22(2,3)15-5-8-19-18(11-15)21-17(7-6-16(25-21)12-23-4)20(24-19)14-9-10-26-13-14/h5,8-11,13,16-17,20-21,23-24H,6-7,12H2,1-4H3/t16-,17+,20+,21+/m1/s1. The van der Waals surface area contributed by atoms with Crippen LogP contribution in [0.2, 0.25) is 0 Å². The van der Waals surface area contributed by atoms with Gasteiger partial charge in [0.15, 0.2) is 0 Å². The van der Waals surface area contributed by atoms with Gasteiger partial charge >= 0.3 is 0 Å². The van der Waals surface area contributed by atoms with E-state index < -0.39 is 0 Å². The maximum absolute atomic E-state index is 6.65. The second-order valence-electron chi connectivity index (χ2n) is 8.71. The van der Waals surface area contributed by atoms with Crippen LogP contribution in [0.4, 0.5) is 5.69 Å². The van der Waals surface area contributed by atoms with Gasteiger partial charge in [0.25, 0.3) is 0 Å². The molecule has 4 atom stereocenters. The third-order valence-corrected chi connectivity index (χ3v) is 6.55. The van der Waals surface area contributed by atoms with Gasteiger partial charge in [0, 0.05) is 23.7 Å². The average Bonchev–Trinajstić information content (AvgIpc) is 3.14. The second kappa shape index (κ2) is 6.99. The molecule has 4 rings (SSSR count). The minimum absolute atomic E-state index is 0.147. The molecule has 4 heteroatoms. The van der Waals surface area contributed by atoms with Crippen molar-refractivity contribution < 1.29 is 4.74 Å². The van der Waals surface area contributed by atoms with E-state index in [1.807, 2.05) is 7.05 Å². The zero-order valence-electron chi connectivity index (χ0n) is 16.2. The van der Waals surface area contributed by atoms with Crippen molar-refractivity contribution in [2.24, 2.45) is 5.92 Å². The first-order chi connectivity index (χ1) is 12.5. The molecule has 0 bridgehead atoms. The van der Waals surface area contributed by atoms with Gasteiger partial charge in [-0.05, 0) is 59.3 Å². The lowest BCUT2D eigenvalue weighted by atomic mass is 9.75. The molecule has 0 spiro atoms. The molecule has 1 aromatic heterocycles. The largest absolute Gasteiger partial charge is 0.378 e. The van der Waals surface area contributed by atoms with Crippen molar-refractivity contribution in [3.8, 4) is 0 Å². The van der Waals surface area contributed by atoms with Gasteiger partial charge in [-0.2, -0.15) is 11.3 Å². The predicted octanol–water partition coefficient (Wildman–Crippen LogP) is 5.27. The van der Waals surface area contributed by atoms with Crippen molar-refractivity contribution in [2.45, 2.75) is 57.3 Å². The van der Waals surface area contributed by atoms with Gasteiger partial charge in [-0.15, -0.1) is 0 Å². The van der Waals surface area contributed by atoms with E-state index in [0.717, 1.165) is 13.0 Å². The first-order valence-electron chi connectivity index (χ1n) is 9.70. The van der Waals surface area contributed by atoms with Crippen LogP contribution in [0.5, 0.6) is 0 Å². The van der Waals surface area contributed by atoms with Gasteiger partial charge in [-0.25, -0.2) is 0 Å². The number of fused-ring (bicyclic) bond motifs is 3. The molecular weight excluding hydrogens is 340 g/mol. The van der Waals surface area contributed by atoms with Crippen LogP contribution in [0.1, 0.15) is 62.4 Å². The third kappa shape index (κ3) is 3.30. The zero-order chi connectivity index (χ0) is 18.3. The van der Waals surface area contributed by atoms with E-state index in [9.17, 15) is 0 Å². The number of nitrogens with one attached hydrogen (secondary N) is 2. The smallest absolute Gasteiger partial charge is 0.0900 e. The van der Waals surface area contributed by atoms with Gasteiger partial charge in [0.1, 0.15) is 0 Å². The summed E-state index contributed by atoms with van der Waals surface area (Å²) in [5.41, 5.74) is 5.50. The maximum atomic E-state index is 6.65. The molecule has 0 saturated carbocycles. The Morgan fingerprint density at radius 2 is 2.08 bits per heavy atom. The van der Waals surface area contributed by atoms with E-state index in [1.165, 1.54) is 28.8 Å². The van der Waals surface area contributed by atoms with Crippen LogP contribution in [0.25, 0.3) is 0 Å². The van der Waals surface area contributed by atoms with E-state index in [1.54, 1.807) is 11.3 Å². The van der Waals surface area contributed by atoms with Gasteiger partial charge in [0.2, 0.25) is 0 Å². The molecule has 0 amide bonds. The Kier molecular flexibility index (Phi) is 4.84. The highest BCUT2D eigenvalue weighted by Gasteiger charge is 2.42. The topological polar surface area (TPSA) is 33.3 Å². The van der Waals surface area contributed by atoms with E-state index in [0.29, 0.717) is 18.1 Å². The van der Waals surface area contributed by atoms with Crippen LogP contribution < -0.4 is 10.6 Å². The minimum Gasteiger partial charge on any atom is -0.378 e. The van der Waals surface area contributed by atoms with Gasteiger partial charge < -0.3 is 15.4 Å². The molecule has 2 aliphatic heterocycles. The molecule has 3 heterocycles. The third-order valence-electron chi connectivity index (χ3n) is 5.85. The number of likely N-dealkylation sites (N-methyl/N-ethyl adjacent to an activating group) is 1. The number of anilines is 1. The van der Waals surface area contributed by atoms with Crippen molar-refractivity contribution in [2.75, 3.05) is 18.9 Å². The Labute approximate surface area is 161 Å². The Morgan fingerprint density at radius 3 is 2.77 bits per heavy atom. The molecule has 2 aromatic rings. The molecule has 2 N–H and O–H groups in total. The Bertz CT molecular complexity index is 750. The van der Waals surface area contributed by atoms with Crippen LogP contribution in [0.15, 0.2) is 35.0 Å². The highest BCUT2D eigenvalue weighted by Crippen LogP contribution is 2.51. The Balaban J connectivity index is 1.74. The fourth-order valence-corrected chi connectivity index (χ4v) is 5.08. The Morgan fingerprint density at radius 1 is 1.23 bits per heavy atom. The monoisotopic (exact) mass is 370 g/mol. The summed E-state index contributed by atoms with van der Waals surface area (Å²) in [6, 6.07) is 9.51. The molecule has 0 radical (unpaired) electrons. The first-order valence-corrected chi connectivity index (χ1v) is 10.6. The lowest BCUT2D eigenvalue weighted by molar-refractivity contribution is -0.0910. The van der Waals surface area contributed by atoms with Crippen molar-refractivity contribution in [1.29, 1.82) is 0 Å². The summed E-state index contributed by atoms with van der Waals surface area (Å²) in [4.78, 5) is 0. The molecule has 1 aromatic carbocycles. The average molecular weight is 371 g/mol. The summed E-state index contributed by atoms with van der Waals surface area (Å²) in [6.07, 6.45) is 2.79. The number of thiophene rings is 1. The Hall–Kier alpha value is -1.36. The summed E-state index contributed by atoms with van der Waals surface area (Å²) in [5, 5.41) is 11.6. The van der Waals surface area contributed by atoms with Crippen molar-refractivity contribution in [3.05, 3.63) is 51.7 Å². The van der Waals surface area contributed by atoms with Crippen LogP contribution in [-0.4, -0.2) is 19.7 Å². The quantitative estimate of drug-likeness (QED) is 0.772. The van der Waals surface area contributed by atoms with E-state index in [2.05, 4.69) is 66.4 Å². The molecular formula is C22H30N2OS. The minimum atomic E-state index is 0.147. The first kappa shape index (κ1) is 18.0. The van der Waals surface area contributed by atoms with Crippen molar-refractivity contribution in [3.63, 3.8) is 0 Å². The van der Waals surface area contributed by atoms with Gasteiger partial charge in [0.05, 0.1) is 18.2 Å².